The predicted molar refractivity (Wildman–Crippen MR) is 154 cm³/mol. The molecule has 40 heavy (non-hydrogen) atoms. The highest BCUT2D eigenvalue weighted by Crippen LogP contribution is 2.26. The molecule has 0 saturated heterocycles. The summed E-state index contributed by atoms with van der Waals surface area (Å²) >= 11 is 6.40. The number of carbonyl (C=O) groups is 2. The van der Waals surface area contributed by atoms with Crippen LogP contribution in [0.4, 0.5) is 10.1 Å². The number of benzene rings is 3. The monoisotopic (exact) mass is 585 g/mol. The second-order valence-electron chi connectivity index (χ2n) is 10.1. The molecule has 7 nitrogen and oxygen atoms in total. The van der Waals surface area contributed by atoms with Crippen molar-refractivity contribution in [3.05, 3.63) is 94.8 Å². The van der Waals surface area contributed by atoms with Crippen molar-refractivity contribution in [1.82, 2.24) is 10.2 Å². The van der Waals surface area contributed by atoms with E-state index < -0.39 is 34.3 Å². The highest BCUT2D eigenvalue weighted by atomic mass is 35.5. The van der Waals surface area contributed by atoms with Crippen LogP contribution in [0.1, 0.15) is 43.7 Å². The summed E-state index contributed by atoms with van der Waals surface area (Å²) in [6.07, 6.45) is 3.84. The Hall–Kier alpha value is -3.43. The van der Waals surface area contributed by atoms with Crippen molar-refractivity contribution in [2.24, 2.45) is 0 Å². The lowest BCUT2D eigenvalue weighted by atomic mass is 10.1. The molecule has 10 heteroatoms. The second-order valence-corrected chi connectivity index (χ2v) is 12.3. The molecule has 0 spiro atoms. The Kier molecular flexibility index (Phi) is 9.48. The first-order valence-corrected chi connectivity index (χ1v) is 15.1. The number of carbonyl (C=O) groups excluding carboxylic acids is 2. The average molecular weight is 586 g/mol. The van der Waals surface area contributed by atoms with Gasteiger partial charge in [-0.2, -0.15) is 0 Å². The minimum atomic E-state index is -4.27. The van der Waals surface area contributed by atoms with Crippen LogP contribution in [0.5, 0.6) is 0 Å². The minimum Gasteiger partial charge on any atom is -0.352 e. The summed E-state index contributed by atoms with van der Waals surface area (Å²) in [6, 6.07) is 17.3. The molecular formula is C30H33ClFN3O4S. The molecule has 3 aromatic carbocycles. The fourth-order valence-corrected chi connectivity index (χ4v) is 6.37. The molecule has 2 amide bonds. The number of amides is 2. The summed E-state index contributed by atoms with van der Waals surface area (Å²) < 4.78 is 42.1. The summed E-state index contributed by atoms with van der Waals surface area (Å²) in [7, 11) is -4.27. The first-order chi connectivity index (χ1) is 19.1. The van der Waals surface area contributed by atoms with Crippen molar-refractivity contribution in [3.63, 3.8) is 0 Å². The number of hydrogen-bond donors (Lipinski definition) is 1. The molecule has 0 unspecified atom stereocenters. The van der Waals surface area contributed by atoms with E-state index in [-0.39, 0.29) is 29.1 Å². The summed E-state index contributed by atoms with van der Waals surface area (Å²) in [6.45, 7) is 2.93. The zero-order valence-electron chi connectivity index (χ0n) is 22.5. The third-order valence-electron chi connectivity index (χ3n) is 7.17. The fourth-order valence-electron chi connectivity index (χ4n) is 4.76. The number of aryl methyl sites for hydroxylation is 1. The molecule has 0 radical (unpaired) electrons. The van der Waals surface area contributed by atoms with Crippen LogP contribution in [0.2, 0.25) is 5.02 Å². The van der Waals surface area contributed by atoms with Crippen LogP contribution in [0.15, 0.2) is 77.7 Å². The van der Waals surface area contributed by atoms with Gasteiger partial charge in [-0.05, 0) is 74.7 Å². The van der Waals surface area contributed by atoms with E-state index in [9.17, 15) is 22.4 Å². The topological polar surface area (TPSA) is 86.8 Å². The normalized spacial score (nSPS) is 14.5. The van der Waals surface area contributed by atoms with Crippen LogP contribution in [-0.4, -0.2) is 43.8 Å². The summed E-state index contributed by atoms with van der Waals surface area (Å²) in [4.78, 5) is 28.4. The van der Waals surface area contributed by atoms with Crippen molar-refractivity contribution >= 4 is 39.1 Å². The minimum absolute atomic E-state index is 0.0100. The van der Waals surface area contributed by atoms with E-state index in [2.05, 4.69) is 5.32 Å². The number of hydrogen-bond acceptors (Lipinski definition) is 4. The second kappa shape index (κ2) is 12.8. The zero-order valence-corrected chi connectivity index (χ0v) is 24.1. The lowest BCUT2D eigenvalue weighted by molar-refractivity contribution is -0.139. The standard InChI is InChI=1S/C30H33ClFN3O4S/c1-21-11-15-26(16-12-21)35(40(38,39)27-17-13-24(32)14-18-27)20-29(36)34(19-23-7-3-6-10-28(23)31)22(2)30(37)33-25-8-4-5-9-25/h3,6-7,10-18,22,25H,4-5,8-9,19-20H2,1-2H3,(H,33,37)/t22-/m1/s1. The van der Waals surface area contributed by atoms with Gasteiger partial charge in [-0.25, -0.2) is 12.8 Å². The van der Waals surface area contributed by atoms with Gasteiger partial charge in [0.15, 0.2) is 0 Å². The Morgan fingerprint density at radius 3 is 2.25 bits per heavy atom. The molecule has 3 aromatic rings. The summed E-state index contributed by atoms with van der Waals surface area (Å²) in [5, 5.41) is 3.46. The first-order valence-electron chi connectivity index (χ1n) is 13.2. The van der Waals surface area contributed by atoms with Gasteiger partial charge < -0.3 is 10.2 Å². The SMILES string of the molecule is Cc1ccc(N(CC(=O)N(Cc2ccccc2Cl)[C@H](C)C(=O)NC2CCCC2)S(=O)(=O)c2ccc(F)cc2)cc1. The number of rotatable bonds is 10. The van der Waals surface area contributed by atoms with Gasteiger partial charge in [0.2, 0.25) is 11.8 Å². The van der Waals surface area contributed by atoms with E-state index in [4.69, 9.17) is 11.6 Å². The smallest absolute Gasteiger partial charge is 0.264 e. The Balaban J connectivity index is 1.69. The molecule has 4 rings (SSSR count). The van der Waals surface area contributed by atoms with E-state index in [0.29, 0.717) is 10.6 Å². The molecule has 1 aliphatic carbocycles. The largest absolute Gasteiger partial charge is 0.352 e. The summed E-state index contributed by atoms with van der Waals surface area (Å²) in [5.41, 5.74) is 1.80. The van der Waals surface area contributed by atoms with Crippen LogP contribution in [-0.2, 0) is 26.2 Å². The molecule has 1 aliphatic rings. The van der Waals surface area contributed by atoms with Gasteiger partial charge in [0.1, 0.15) is 18.4 Å². The van der Waals surface area contributed by atoms with E-state index in [1.54, 1.807) is 55.5 Å². The van der Waals surface area contributed by atoms with E-state index in [0.717, 1.165) is 59.8 Å². The van der Waals surface area contributed by atoms with Gasteiger partial charge in [-0.15, -0.1) is 0 Å². The Morgan fingerprint density at radius 1 is 1.00 bits per heavy atom. The van der Waals surface area contributed by atoms with Crippen LogP contribution < -0.4 is 9.62 Å². The number of anilines is 1. The molecule has 0 aliphatic heterocycles. The third-order valence-corrected chi connectivity index (χ3v) is 9.33. The Morgan fingerprint density at radius 2 is 1.62 bits per heavy atom. The van der Waals surface area contributed by atoms with Gasteiger partial charge in [0.25, 0.3) is 10.0 Å². The van der Waals surface area contributed by atoms with Crippen LogP contribution >= 0.6 is 11.6 Å². The number of nitrogens with one attached hydrogen (secondary N) is 1. The predicted octanol–water partition coefficient (Wildman–Crippen LogP) is 5.46. The quantitative estimate of drug-likeness (QED) is 0.342. The van der Waals surface area contributed by atoms with Crippen molar-refractivity contribution in [1.29, 1.82) is 0 Å². The Bertz CT molecular complexity index is 1440. The fraction of sp³-hybridized carbons (Fsp3) is 0.333. The first kappa shape index (κ1) is 29.6. The maximum absolute atomic E-state index is 14.0. The van der Waals surface area contributed by atoms with Gasteiger partial charge in [-0.3, -0.25) is 13.9 Å². The molecule has 0 bridgehead atoms. The number of sulfonamides is 1. The highest BCUT2D eigenvalue weighted by Gasteiger charge is 2.33. The molecule has 1 saturated carbocycles. The van der Waals surface area contributed by atoms with Gasteiger partial charge >= 0.3 is 0 Å². The number of nitrogens with zero attached hydrogens (tertiary/aromatic N) is 2. The van der Waals surface area contributed by atoms with Gasteiger partial charge in [0.05, 0.1) is 10.6 Å². The highest BCUT2D eigenvalue weighted by molar-refractivity contribution is 7.92. The van der Waals surface area contributed by atoms with E-state index >= 15 is 0 Å². The molecule has 1 fully saturated rings. The van der Waals surface area contributed by atoms with Gasteiger partial charge in [0, 0.05) is 17.6 Å². The van der Waals surface area contributed by atoms with Gasteiger partial charge in [-0.1, -0.05) is 60.3 Å². The lowest BCUT2D eigenvalue weighted by Gasteiger charge is -2.32. The Labute approximate surface area is 240 Å². The lowest BCUT2D eigenvalue weighted by Crippen LogP contribution is -2.52. The molecule has 1 atom stereocenters. The van der Waals surface area contributed by atoms with Crippen molar-refractivity contribution in [2.75, 3.05) is 10.8 Å². The molecular weight excluding hydrogens is 553 g/mol. The van der Waals surface area contributed by atoms with Crippen molar-refractivity contribution in [2.45, 2.75) is 63.1 Å². The molecule has 0 aromatic heterocycles. The third kappa shape index (κ3) is 7.01. The van der Waals surface area contributed by atoms with Crippen LogP contribution in [0, 0.1) is 12.7 Å². The van der Waals surface area contributed by atoms with Crippen molar-refractivity contribution in [3.8, 4) is 0 Å². The average Bonchev–Trinajstić information content (AvgIpc) is 3.44. The molecule has 0 heterocycles. The molecule has 212 valence electrons. The molecule has 1 N–H and O–H groups in total. The van der Waals surface area contributed by atoms with E-state index in [1.165, 1.54) is 4.90 Å². The zero-order chi connectivity index (χ0) is 28.9. The van der Waals surface area contributed by atoms with Crippen LogP contribution in [0.25, 0.3) is 0 Å². The summed E-state index contributed by atoms with van der Waals surface area (Å²) in [5.74, 6) is -1.47. The van der Waals surface area contributed by atoms with Crippen LogP contribution in [0.3, 0.4) is 0 Å². The maximum atomic E-state index is 14.0. The maximum Gasteiger partial charge on any atom is 0.264 e. The van der Waals surface area contributed by atoms with Crippen molar-refractivity contribution < 1.29 is 22.4 Å². The van der Waals surface area contributed by atoms with E-state index in [1.807, 2.05) is 6.92 Å². The number of halogens is 2.